The molecule has 0 aliphatic rings. The zero-order chi connectivity index (χ0) is 23.8. The molecule has 6 aromatic rings. The van der Waals surface area contributed by atoms with Crippen molar-refractivity contribution < 1.29 is 4.79 Å². The van der Waals surface area contributed by atoms with Crippen molar-refractivity contribution >= 4 is 55.5 Å². The summed E-state index contributed by atoms with van der Waals surface area (Å²) in [6, 6.07) is 33.2. The van der Waals surface area contributed by atoms with Gasteiger partial charge in [0.25, 0.3) is 5.91 Å². The van der Waals surface area contributed by atoms with E-state index in [1.165, 1.54) is 0 Å². The van der Waals surface area contributed by atoms with Crippen molar-refractivity contribution in [2.24, 2.45) is 5.10 Å². The fourth-order valence-corrected chi connectivity index (χ4v) is 4.78. The van der Waals surface area contributed by atoms with E-state index in [0.29, 0.717) is 10.8 Å². The van der Waals surface area contributed by atoms with Gasteiger partial charge in [0, 0.05) is 16.3 Å². The van der Waals surface area contributed by atoms with Gasteiger partial charge in [0.05, 0.1) is 17.2 Å². The SMILES string of the molecule is O=C(Cn1c2ccccc2c(=O)c2ccccc21)N/N=C\c1c2ccccc2cc2ccccc12. The molecule has 0 unspecified atom stereocenters. The molecule has 0 fully saturated rings. The van der Waals surface area contributed by atoms with E-state index < -0.39 is 0 Å². The number of para-hydroxylation sites is 2. The van der Waals surface area contributed by atoms with Gasteiger partial charge in [0.1, 0.15) is 6.54 Å². The highest BCUT2D eigenvalue weighted by molar-refractivity contribution is 6.13. The molecule has 1 amide bonds. The Hall–Kier alpha value is -4.77. The van der Waals surface area contributed by atoms with Gasteiger partial charge in [-0.3, -0.25) is 9.59 Å². The van der Waals surface area contributed by atoms with Gasteiger partial charge in [0.15, 0.2) is 5.43 Å². The summed E-state index contributed by atoms with van der Waals surface area (Å²) in [6.45, 7) is 0.0366. The Morgan fingerprint density at radius 1 is 0.714 bits per heavy atom. The molecule has 0 saturated heterocycles. The number of benzene rings is 5. The topological polar surface area (TPSA) is 63.5 Å². The van der Waals surface area contributed by atoms with Crippen molar-refractivity contribution in [2.45, 2.75) is 6.54 Å². The lowest BCUT2D eigenvalue weighted by Gasteiger charge is -2.14. The third-order valence-corrected chi connectivity index (χ3v) is 6.38. The number of carbonyl (C=O) groups excluding carboxylic acids is 1. The van der Waals surface area contributed by atoms with Gasteiger partial charge in [-0.15, -0.1) is 0 Å². The van der Waals surface area contributed by atoms with Crippen molar-refractivity contribution in [3.8, 4) is 0 Å². The number of amides is 1. The van der Waals surface area contributed by atoms with Gasteiger partial charge in [-0.2, -0.15) is 5.10 Å². The number of fused-ring (bicyclic) bond motifs is 4. The van der Waals surface area contributed by atoms with Crippen LogP contribution in [0.5, 0.6) is 0 Å². The average Bonchev–Trinajstić information content (AvgIpc) is 2.90. The van der Waals surface area contributed by atoms with Crippen LogP contribution in [0.1, 0.15) is 5.56 Å². The summed E-state index contributed by atoms with van der Waals surface area (Å²) in [5.41, 5.74) is 5.04. The lowest BCUT2D eigenvalue weighted by Crippen LogP contribution is -2.25. The van der Waals surface area contributed by atoms with E-state index >= 15 is 0 Å². The molecule has 1 aromatic heterocycles. The highest BCUT2D eigenvalue weighted by atomic mass is 16.2. The van der Waals surface area contributed by atoms with E-state index in [1.54, 1.807) is 18.3 Å². The van der Waals surface area contributed by atoms with Crippen molar-refractivity contribution in [3.63, 3.8) is 0 Å². The van der Waals surface area contributed by atoms with Crippen LogP contribution in [0.3, 0.4) is 0 Å². The zero-order valence-corrected chi connectivity index (χ0v) is 18.8. The summed E-state index contributed by atoms with van der Waals surface area (Å²) in [5, 5.41) is 9.87. The molecular formula is C30H21N3O2. The largest absolute Gasteiger partial charge is 0.331 e. The summed E-state index contributed by atoms with van der Waals surface area (Å²) in [4.78, 5) is 25.9. The second-order valence-corrected chi connectivity index (χ2v) is 8.48. The van der Waals surface area contributed by atoms with E-state index in [-0.39, 0.29) is 17.9 Å². The molecule has 0 aliphatic carbocycles. The van der Waals surface area contributed by atoms with Crippen LogP contribution < -0.4 is 10.9 Å². The number of nitrogens with zero attached hydrogens (tertiary/aromatic N) is 2. The first-order valence-electron chi connectivity index (χ1n) is 11.4. The lowest BCUT2D eigenvalue weighted by molar-refractivity contribution is -0.121. The summed E-state index contributed by atoms with van der Waals surface area (Å²) in [5.74, 6) is -0.273. The minimum absolute atomic E-state index is 0.0336. The normalized spacial score (nSPS) is 11.7. The van der Waals surface area contributed by atoms with Gasteiger partial charge in [-0.1, -0.05) is 72.8 Å². The van der Waals surface area contributed by atoms with Gasteiger partial charge in [0.2, 0.25) is 0 Å². The number of hydrazone groups is 1. The van der Waals surface area contributed by atoms with Crippen LogP contribution in [-0.4, -0.2) is 16.7 Å². The molecule has 6 rings (SSSR count). The molecule has 1 N–H and O–H groups in total. The minimum atomic E-state index is -0.273. The smallest absolute Gasteiger partial charge is 0.260 e. The van der Waals surface area contributed by atoms with Crippen molar-refractivity contribution in [3.05, 3.63) is 119 Å². The monoisotopic (exact) mass is 455 g/mol. The molecule has 35 heavy (non-hydrogen) atoms. The van der Waals surface area contributed by atoms with Crippen LogP contribution in [-0.2, 0) is 11.3 Å². The highest BCUT2D eigenvalue weighted by Gasteiger charge is 2.12. The van der Waals surface area contributed by atoms with Gasteiger partial charge in [-0.05, 0) is 51.9 Å². The van der Waals surface area contributed by atoms with E-state index in [2.05, 4.69) is 40.9 Å². The van der Waals surface area contributed by atoms with E-state index in [1.807, 2.05) is 65.2 Å². The van der Waals surface area contributed by atoms with E-state index in [9.17, 15) is 9.59 Å². The number of carbonyl (C=O) groups is 1. The fraction of sp³-hybridized carbons (Fsp3) is 0.0333. The first-order valence-corrected chi connectivity index (χ1v) is 11.4. The molecule has 0 aliphatic heterocycles. The van der Waals surface area contributed by atoms with Crippen LogP contribution in [0, 0.1) is 0 Å². The molecule has 1 heterocycles. The Morgan fingerprint density at radius 3 is 1.77 bits per heavy atom. The predicted octanol–water partition coefficient (Wildman–Crippen LogP) is 5.61. The Morgan fingerprint density at radius 2 is 1.20 bits per heavy atom. The van der Waals surface area contributed by atoms with Crippen LogP contribution in [0.2, 0.25) is 0 Å². The van der Waals surface area contributed by atoms with Crippen molar-refractivity contribution in [2.75, 3.05) is 0 Å². The first-order chi connectivity index (χ1) is 17.2. The maximum atomic E-state index is 13.0. The number of aromatic nitrogens is 1. The predicted molar refractivity (Wildman–Crippen MR) is 143 cm³/mol. The second kappa shape index (κ2) is 8.54. The maximum Gasteiger partial charge on any atom is 0.260 e. The van der Waals surface area contributed by atoms with Crippen LogP contribution in [0.25, 0.3) is 43.4 Å². The molecule has 0 saturated carbocycles. The number of nitrogens with one attached hydrogen (secondary N) is 1. The van der Waals surface area contributed by atoms with Crippen LogP contribution >= 0.6 is 0 Å². The summed E-state index contributed by atoms with van der Waals surface area (Å²) in [7, 11) is 0. The molecular weight excluding hydrogens is 434 g/mol. The first kappa shape index (κ1) is 20.8. The molecule has 0 spiro atoms. The van der Waals surface area contributed by atoms with Gasteiger partial charge in [-0.25, -0.2) is 5.43 Å². The summed E-state index contributed by atoms with van der Waals surface area (Å²) >= 11 is 0. The third kappa shape index (κ3) is 3.63. The number of rotatable bonds is 4. The molecule has 0 bridgehead atoms. The molecule has 5 nitrogen and oxygen atoms in total. The number of hydrogen-bond donors (Lipinski definition) is 1. The Bertz CT molecular complexity index is 1740. The Balaban J connectivity index is 1.36. The molecule has 5 heteroatoms. The molecule has 0 atom stereocenters. The van der Waals surface area contributed by atoms with Crippen LogP contribution in [0.4, 0.5) is 0 Å². The second-order valence-electron chi connectivity index (χ2n) is 8.48. The molecule has 5 aromatic carbocycles. The van der Waals surface area contributed by atoms with Gasteiger partial charge >= 0.3 is 0 Å². The Labute approximate surface area is 200 Å². The van der Waals surface area contributed by atoms with E-state index in [4.69, 9.17) is 0 Å². The molecule has 0 radical (unpaired) electrons. The molecule has 168 valence electrons. The third-order valence-electron chi connectivity index (χ3n) is 6.38. The number of hydrogen-bond acceptors (Lipinski definition) is 3. The number of pyridine rings is 1. The summed E-state index contributed by atoms with van der Waals surface area (Å²) in [6.07, 6.45) is 1.71. The fourth-order valence-electron chi connectivity index (χ4n) is 4.78. The highest BCUT2D eigenvalue weighted by Crippen LogP contribution is 2.27. The zero-order valence-electron chi connectivity index (χ0n) is 18.8. The van der Waals surface area contributed by atoms with Crippen molar-refractivity contribution in [1.29, 1.82) is 0 Å². The van der Waals surface area contributed by atoms with Crippen LogP contribution in [0.15, 0.2) is 113 Å². The maximum absolute atomic E-state index is 13.0. The lowest BCUT2D eigenvalue weighted by atomic mass is 9.97. The Kier molecular flexibility index (Phi) is 5.08. The average molecular weight is 456 g/mol. The minimum Gasteiger partial charge on any atom is -0.331 e. The quantitative estimate of drug-likeness (QED) is 0.213. The van der Waals surface area contributed by atoms with Crippen molar-refractivity contribution in [1.82, 2.24) is 9.99 Å². The van der Waals surface area contributed by atoms with E-state index in [0.717, 1.165) is 38.1 Å². The standard InChI is InChI=1S/C30H21N3O2/c34-29(19-33-27-15-7-5-13-24(27)30(35)25-14-6-8-16-28(25)33)32-31-18-26-22-11-3-1-9-20(22)17-21-10-2-4-12-23(21)26/h1-18H,19H2,(H,32,34)/b31-18-. The summed E-state index contributed by atoms with van der Waals surface area (Å²) < 4.78 is 1.87. The van der Waals surface area contributed by atoms with Gasteiger partial charge < -0.3 is 4.57 Å².